The Kier molecular flexibility index (Phi) is 3.93. The summed E-state index contributed by atoms with van der Waals surface area (Å²) >= 11 is 0. The van der Waals surface area contributed by atoms with E-state index in [1.807, 2.05) is 4.90 Å². The summed E-state index contributed by atoms with van der Waals surface area (Å²) in [6.07, 6.45) is 1.57. The number of phenols is 1. The molecule has 2 N–H and O–H groups in total. The summed E-state index contributed by atoms with van der Waals surface area (Å²) in [6.45, 7) is 6.74. The van der Waals surface area contributed by atoms with Crippen LogP contribution in [0.5, 0.6) is 5.75 Å². The smallest absolute Gasteiger partial charge is 0.134 e. The Morgan fingerprint density at radius 3 is 2.56 bits per heavy atom. The van der Waals surface area contributed by atoms with Gasteiger partial charge in [-0.1, -0.05) is 6.08 Å². The van der Waals surface area contributed by atoms with Crippen LogP contribution >= 0.6 is 0 Å². The first-order valence-corrected chi connectivity index (χ1v) is 5.88. The second-order valence-corrected chi connectivity index (χ2v) is 4.29. The number of phenolic OH excluding ortho intramolecular Hbond substituents is 1. The van der Waals surface area contributed by atoms with Crippen molar-refractivity contribution in [2.24, 2.45) is 0 Å². The van der Waals surface area contributed by atoms with E-state index in [2.05, 4.69) is 11.9 Å². The van der Waals surface area contributed by atoms with Gasteiger partial charge in [0.25, 0.3) is 0 Å². The highest BCUT2D eigenvalue weighted by Crippen LogP contribution is 2.32. The fraction of sp³-hybridized carbons (Fsp3) is 0.385. The van der Waals surface area contributed by atoms with E-state index >= 15 is 0 Å². The summed E-state index contributed by atoms with van der Waals surface area (Å²) in [5, 5.41) is 12.9. The monoisotopic (exact) mass is 254 g/mol. The molecule has 0 unspecified atom stereocenters. The van der Waals surface area contributed by atoms with Gasteiger partial charge in [-0.3, -0.25) is 4.90 Å². The largest absolute Gasteiger partial charge is 0.507 e. The van der Waals surface area contributed by atoms with Gasteiger partial charge < -0.3 is 10.4 Å². The molecule has 1 aromatic carbocycles. The van der Waals surface area contributed by atoms with Crippen LogP contribution in [0.3, 0.4) is 0 Å². The van der Waals surface area contributed by atoms with Gasteiger partial charge in [-0.05, 0) is 0 Å². The average molecular weight is 254 g/mol. The van der Waals surface area contributed by atoms with Gasteiger partial charge in [-0.25, -0.2) is 8.78 Å². The van der Waals surface area contributed by atoms with E-state index in [-0.39, 0.29) is 11.3 Å². The van der Waals surface area contributed by atoms with Crippen molar-refractivity contribution in [3.63, 3.8) is 0 Å². The predicted molar refractivity (Wildman–Crippen MR) is 65.4 cm³/mol. The second kappa shape index (κ2) is 5.46. The van der Waals surface area contributed by atoms with Crippen LogP contribution < -0.4 is 5.32 Å². The van der Waals surface area contributed by atoms with Gasteiger partial charge in [-0.15, -0.1) is 6.58 Å². The molecule has 1 fully saturated rings. The number of halogens is 2. The maximum Gasteiger partial charge on any atom is 0.134 e. The van der Waals surface area contributed by atoms with Crippen molar-refractivity contribution in [2.75, 3.05) is 26.2 Å². The summed E-state index contributed by atoms with van der Waals surface area (Å²) in [5.74, 6) is -1.89. The summed E-state index contributed by atoms with van der Waals surface area (Å²) in [4.78, 5) is 2.00. The van der Waals surface area contributed by atoms with Crippen molar-refractivity contribution in [1.82, 2.24) is 10.2 Å². The highest BCUT2D eigenvalue weighted by atomic mass is 19.1. The van der Waals surface area contributed by atoms with E-state index in [4.69, 9.17) is 0 Å². The third-order valence-electron chi connectivity index (χ3n) is 3.14. The molecule has 0 radical (unpaired) electrons. The highest BCUT2D eigenvalue weighted by Gasteiger charge is 2.25. The number of aromatic hydroxyl groups is 1. The lowest BCUT2D eigenvalue weighted by atomic mass is 10.0. The van der Waals surface area contributed by atoms with Crippen molar-refractivity contribution in [3.05, 3.63) is 42.0 Å². The molecule has 1 aliphatic rings. The Balaban J connectivity index is 2.35. The van der Waals surface area contributed by atoms with Crippen LogP contribution in [0, 0.1) is 11.6 Å². The molecular weight excluding hydrogens is 238 g/mol. The van der Waals surface area contributed by atoms with E-state index in [0.717, 1.165) is 38.3 Å². The minimum Gasteiger partial charge on any atom is -0.507 e. The topological polar surface area (TPSA) is 35.5 Å². The van der Waals surface area contributed by atoms with Crippen molar-refractivity contribution in [3.8, 4) is 5.75 Å². The Morgan fingerprint density at radius 2 is 2.00 bits per heavy atom. The van der Waals surface area contributed by atoms with Gasteiger partial charge in [-0.2, -0.15) is 0 Å². The van der Waals surface area contributed by atoms with E-state index in [1.165, 1.54) is 0 Å². The van der Waals surface area contributed by atoms with Gasteiger partial charge in [0, 0.05) is 38.3 Å². The molecule has 3 nitrogen and oxygen atoms in total. The van der Waals surface area contributed by atoms with Crippen LogP contribution in [0.4, 0.5) is 8.78 Å². The molecule has 1 aromatic rings. The van der Waals surface area contributed by atoms with Gasteiger partial charge in [0.2, 0.25) is 0 Å². The molecule has 0 aliphatic carbocycles. The fourth-order valence-electron chi connectivity index (χ4n) is 2.27. The maximum atomic E-state index is 13.8. The third-order valence-corrected chi connectivity index (χ3v) is 3.14. The van der Waals surface area contributed by atoms with E-state index in [9.17, 15) is 13.9 Å². The first kappa shape index (κ1) is 13.0. The van der Waals surface area contributed by atoms with Crippen LogP contribution in [0.15, 0.2) is 24.8 Å². The van der Waals surface area contributed by atoms with Gasteiger partial charge in [0.15, 0.2) is 0 Å². The molecule has 2 rings (SSSR count). The van der Waals surface area contributed by atoms with Gasteiger partial charge in [0.05, 0.1) is 11.6 Å². The number of rotatable bonds is 3. The molecule has 18 heavy (non-hydrogen) atoms. The van der Waals surface area contributed by atoms with Crippen molar-refractivity contribution >= 4 is 0 Å². The SMILES string of the molecule is C=C[C@@H](c1c(O)cc(F)cc1F)N1CCNCC1. The van der Waals surface area contributed by atoms with Crippen LogP contribution in [0.2, 0.25) is 0 Å². The molecule has 1 atom stereocenters. The molecule has 0 amide bonds. The lowest BCUT2D eigenvalue weighted by Gasteiger charge is -2.33. The van der Waals surface area contributed by atoms with Crippen LogP contribution in [0.1, 0.15) is 11.6 Å². The standard InChI is InChI=1S/C13H16F2N2O/c1-2-11(17-5-3-16-4-6-17)13-10(15)7-9(14)8-12(13)18/h2,7-8,11,16,18H,1,3-6H2/t11-/m0/s1. The highest BCUT2D eigenvalue weighted by molar-refractivity contribution is 5.38. The minimum atomic E-state index is -0.781. The quantitative estimate of drug-likeness (QED) is 0.807. The molecule has 5 heteroatoms. The molecule has 1 saturated heterocycles. The van der Waals surface area contributed by atoms with Crippen LogP contribution in [-0.4, -0.2) is 36.2 Å². The fourth-order valence-corrected chi connectivity index (χ4v) is 2.27. The Labute approximate surface area is 105 Å². The zero-order valence-electron chi connectivity index (χ0n) is 10.00. The normalized spacial score (nSPS) is 18.6. The number of nitrogens with one attached hydrogen (secondary N) is 1. The molecule has 0 spiro atoms. The van der Waals surface area contributed by atoms with Crippen molar-refractivity contribution < 1.29 is 13.9 Å². The molecule has 1 heterocycles. The first-order chi connectivity index (χ1) is 8.63. The summed E-state index contributed by atoms with van der Waals surface area (Å²) in [7, 11) is 0. The maximum absolute atomic E-state index is 13.8. The van der Waals surface area contributed by atoms with E-state index in [0.29, 0.717) is 0 Å². The minimum absolute atomic E-state index is 0.0910. The van der Waals surface area contributed by atoms with Crippen molar-refractivity contribution in [2.45, 2.75) is 6.04 Å². The first-order valence-electron chi connectivity index (χ1n) is 5.88. The molecule has 0 bridgehead atoms. The van der Waals surface area contributed by atoms with Crippen LogP contribution in [-0.2, 0) is 0 Å². The van der Waals surface area contributed by atoms with Gasteiger partial charge in [0.1, 0.15) is 17.4 Å². The number of hydrogen-bond donors (Lipinski definition) is 2. The lowest BCUT2D eigenvalue weighted by Crippen LogP contribution is -2.44. The van der Waals surface area contributed by atoms with Crippen molar-refractivity contribution in [1.29, 1.82) is 0 Å². The van der Waals surface area contributed by atoms with E-state index in [1.54, 1.807) is 6.08 Å². The zero-order chi connectivity index (χ0) is 13.1. The lowest BCUT2D eigenvalue weighted by molar-refractivity contribution is 0.197. The molecule has 0 saturated carbocycles. The average Bonchev–Trinajstić information content (AvgIpc) is 2.34. The summed E-state index contributed by atoms with van der Waals surface area (Å²) < 4.78 is 26.8. The number of piperazine rings is 1. The number of nitrogens with zero attached hydrogens (tertiary/aromatic N) is 1. The third kappa shape index (κ3) is 2.52. The number of hydrogen-bond acceptors (Lipinski definition) is 3. The molecule has 98 valence electrons. The zero-order valence-corrected chi connectivity index (χ0v) is 10.00. The molecule has 1 aliphatic heterocycles. The second-order valence-electron chi connectivity index (χ2n) is 4.29. The Hall–Kier alpha value is -1.46. The Bertz CT molecular complexity index is 422. The van der Waals surface area contributed by atoms with Crippen LogP contribution in [0.25, 0.3) is 0 Å². The summed E-state index contributed by atoms with van der Waals surface area (Å²) in [6, 6.07) is 1.28. The molecular formula is C13H16F2N2O. The van der Waals surface area contributed by atoms with E-state index < -0.39 is 17.7 Å². The Morgan fingerprint density at radius 1 is 1.33 bits per heavy atom. The summed E-state index contributed by atoms with van der Waals surface area (Å²) in [5.41, 5.74) is 0.0910. The predicted octanol–water partition coefficient (Wildman–Crippen LogP) is 1.80. The van der Waals surface area contributed by atoms with Gasteiger partial charge >= 0.3 is 0 Å². The molecule has 0 aromatic heterocycles. The number of benzene rings is 1.